The summed E-state index contributed by atoms with van der Waals surface area (Å²) in [4.78, 5) is 31.1. The Morgan fingerprint density at radius 2 is 2.14 bits per heavy atom. The summed E-state index contributed by atoms with van der Waals surface area (Å²) in [5.41, 5.74) is 1.36. The van der Waals surface area contributed by atoms with E-state index in [0.29, 0.717) is 29.3 Å². The van der Waals surface area contributed by atoms with Gasteiger partial charge in [-0.1, -0.05) is 20.3 Å². The highest BCUT2D eigenvalue weighted by molar-refractivity contribution is 5.90. The lowest BCUT2D eigenvalue weighted by atomic mass is 9.98. The number of nitrogens with zero attached hydrogens (tertiary/aromatic N) is 3. The van der Waals surface area contributed by atoms with Gasteiger partial charge in [0.1, 0.15) is 24.6 Å². The second-order valence-electron chi connectivity index (χ2n) is 6.64. The van der Waals surface area contributed by atoms with Crippen molar-refractivity contribution in [1.29, 1.82) is 0 Å². The van der Waals surface area contributed by atoms with Gasteiger partial charge in [0, 0.05) is 12.4 Å². The maximum Gasteiger partial charge on any atom is 0.405 e. The molecule has 0 fully saturated rings. The predicted molar refractivity (Wildman–Crippen MR) is 99.6 cm³/mol. The van der Waals surface area contributed by atoms with Crippen LogP contribution in [0.4, 0.5) is 19.0 Å². The van der Waals surface area contributed by atoms with Crippen LogP contribution in [0.3, 0.4) is 0 Å². The molecule has 154 valence electrons. The first kappa shape index (κ1) is 20.5. The van der Waals surface area contributed by atoms with Gasteiger partial charge in [-0.3, -0.25) is 4.79 Å². The third kappa shape index (κ3) is 4.98. The van der Waals surface area contributed by atoms with Crippen molar-refractivity contribution in [3.8, 4) is 11.4 Å². The number of amides is 1. The molecule has 0 saturated carbocycles. The summed E-state index contributed by atoms with van der Waals surface area (Å²) < 4.78 is 37.4. The van der Waals surface area contributed by atoms with E-state index in [0.717, 1.165) is 5.39 Å². The Morgan fingerprint density at radius 3 is 2.86 bits per heavy atom. The molecular formula is C18H21F3N7O+. The molecule has 0 aliphatic rings. The normalized spacial score (nSPS) is 13.8. The van der Waals surface area contributed by atoms with Crippen LogP contribution in [0.5, 0.6) is 0 Å². The molecule has 29 heavy (non-hydrogen) atoms. The van der Waals surface area contributed by atoms with Gasteiger partial charge in [0.25, 0.3) is 12.0 Å². The number of H-pyrrole nitrogens is 2. The minimum atomic E-state index is -4.47. The molecule has 0 spiro atoms. The number of halogens is 3. The molecule has 3 aromatic heterocycles. The average molecular weight is 408 g/mol. The fourth-order valence-electron chi connectivity index (χ4n) is 2.81. The number of rotatable bonds is 7. The first-order chi connectivity index (χ1) is 13.8. The number of fused-ring (bicyclic) bond motifs is 1. The van der Waals surface area contributed by atoms with E-state index in [9.17, 15) is 18.0 Å². The summed E-state index contributed by atoms with van der Waals surface area (Å²) in [6.07, 6.45) is 2.65. The molecule has 3 heterocycles. The van der Waals surface area contributed by atoms with Gasteiger partial charge in [-0.15, -0.1) is 0 Å². The Balaban J connectivity index is 1.83. The van der Waals surface area contributed by atoms with Crippen LogP contribution in [0.25, 0.3) is 22.4 Å². The van der Waals surface area contributed by atoms with Crippen LogP contribution in [-0.2, 0) is 4.79 Å². The summed E-state index contributed by atoms with van der Waals surface area (Å²) in [6, 6.07) is 0.692. The molecule has 0 aliphatic heterocycles. The first-order valence-corrected chi connectivity index (χ1v) is 9.06. The van der Waals surface area contributed by atoms with Gasteiger partial charge >= 0.3 is 6.18 Å². The molecule has 0 radical (unpaired) electrons. The maximum atomic E-state index is 12.5. The van der Waals surface area contributed by atoms with Crippen molar-refractivity contribution in [2.75, 3.05) is 11.9 Å². The van der Waals surface area contributed by atoms with E-state index in [-0.39, 0.29) is 5.92 Å². The number of carbonyl (C=O) groups excluding carboxylic acids is 1. The number of hydrogen-bond acceptors (Lipinski definition) is 5. The zero-order chi connectivity index (χ0) is 21.0. The highest BCUT2D eigenvalue weighted by atomic mass is 19.4. The number of alkyl halides is 3. The molecule has 3 aromatic rings. The lowest BCUT2D eigenvalue weighted by Gasteiger charge is -2.24. The molecular weight excluding hydrogens is 387 g/mol. The summed E-state index contributed by atoms with van der Waals surface area (Å²) in [5, 5.41) is 5.67. The number of aromatic amines is 2. The highest BCUT2D eigenvalue weighted by Gasteiger charge is 2.31. The summed E-state index contributed by atoms with van der Waals surface area (Å²) in [7, 11) is 0. The lowest BCUT2D eigenvalue weighted by molar-refractivity contribution is -0.380. The van der Waals surface area contributed by atoms with Gasteiger partial charge in [0.2, 0.25) is 5.91 Å². The molecule has 4 N–H and O–H groups in total. The SMILES string of the molecule is CCC(C)C(Nc1ccnc(-c2c[nH]c3nc[nH+]cc23)n1)C(=O)NCC(F)(F)F. The fourth-order valence-corrected chi connectivity index (χ4v) is 2.81. The van der Waals surface area contributed by atoms with Crippen molar-refractivity contribution in [1.82, 2.24) is 25.3 Å². The van der Waals surface area contributed by atoms with Crippen LogP contribution >= 0.6 is 0 Å². The maximum absolute atomic E-state index is 12.5. The molecule has 2 atom stereocenters. The van der Waals surface area contributed by atoms with Crippen molar-refractivity contribution >= 4 is 22.8 Å². The topological polar surface area (TPSA) is 110 Å². The van der Waals surface area contributed by atoms with Gasteiger partial charge in [0.05, 0.1) is 10.9 Å². The number of aromatic nitrogens is 5. The van der Waals surface area contributed by atoms with Crippen LogP contribution in [0, 0.1) is 5.92 Å². The summed E-state index contributed by atoms with van der Waals surface area (Å²) in [6.45, 7) is 2.26. The van der Waals surface area contributed by atoms with Crippen LogP contribution in [0.15, 0.2) is 31.0 Å². The Bertz CT molecular complexity index is 989. The molecule has 11 heteroatoms. The van der Waals surface area contributed by atoms with E-state index in [4.69, 9.17) is 0 Å². The van der Waals surface area contributed by atoms with E-state index in [1.165, 1.54) is 12.5 Å². The first-order valence-electron chi connectivity index (χ1n) is 9.06. The van der Waals surface area contributed by atoms with E-state index < -0.39 is 24.7 Å². The van der Waals surface area contributed by atoms with Crippen molar-refractivity contribution in [2.45, 2.75) is 32.5 Å². The quantitative estimate of drug-likeness (QED) is 0.556. The number of anilines is 1. The minimum absolute atomic E-state index is 0.214. The van der Waals surface area contributed by atoms with Gasteiger partial charge in [-0.05, 0) is 17.0 Å². The van der Waals surface area contributed by atoms with Crippen molar-refractivity contribution in [3.63, 3.8) is 0 Å². The van der Waals surface area contributed by atoms with Gasteiger partial charge < -0.3 is 15.6 Å². The predicted octanol–water partition coefficient (Wildman–Crippen LogP) is 2.34. The summed E-state index contributed by atoms with van der Waals surface area (Å²) >= 11 is 0. The largest absolute Gasteiger partial charge is 0.405 e. The van der Waals surface area contributed by atoms with Crippen molar-refractivity contribution in [2.24, 2.45) is 5.92 Å². The lowest BCUT2D eigenvalue weighted by Crippen LogP contribution is -2.46. The Morgan fingerprint density at radius 1 is 1.34 bits per heavy atom. The summed E-state index contributed by atoms with van der Waals surface area (Å²) in [5.74, 6) is -0.220. The molecule has 0 saturated heterocycles. The molecule has 2 unspecified atom stereocenters. The highest BCUT2D eigenvalue weighted by Crippen LogP contribution is 2.24. The minimum Gasteiger partial charge on any atom is -0.358 e. The van der Waals surface area contributed by atoms with Crippen LogP contribution in [0.1, 0.15) is 20.3 Å². The Kier molecular flexibility index (Phi) is 5.95. The van der Waals surface area contributed by atoms with Crippen LogP contribution < -0.4 is 15.6 Å². The molecule has 1 amide bonds. The van der Waals surface area contributed by atoms with E-state index in [2.05, 4.69) is 30.2 Å². The molecule has 0 aliphatic carbocycles. The van der Waals surface area contributed by atoms with E-state index >= 15 is 0 Å². The Labute approximate surface area is 164 Å². The molecule has 3 rings (SSSR count). The van der Waals surface area contributed by atoms with Crippen molar-refractivity contribution in [3.05, 3.63) is 31.0 Å². The average Bonchev–Trinajstić information content (AvgIpc) is 3.13. The number of nitrogens with one attached hydrogen (secondary N) is 4. The second-order valence-corrected chi connectivity index (χ2v) is 6.64. The number of hydrogen-bond donors (Lipinski definition) is 3. The third-order valence-electron chi connectivity index (χ3n) is 4.55. The van der Waals surface area contributed by atoms with Gasteiger partial charge in [-0.25, -0.2) is 15.0 Å². The third-order valence-corrected chi connectivity index (χ3v) is 4.55. The zero-order valence-electron chi connectivity index (χ0n) is 15.8. The second kappa shape index (κ2) is 8.41. The van der Waals surface area contributed by atoms with Crippen LogP contribution in [0.2, 0.25) is 0 Å². The Hall–Kier alpha value is -3.24. The standard InChI is InChI=1S/C18H20F3N7O/c1-3-10(2)14(17(29)25-8-18(19,20)21)27-13-4-5-23-16(28-13)12-7-24-15-11(12)6-22-9-26-15/h4-7,9-10,14H,3,8H2,1-2H3,(H,25,29)(H,22,24,26)(H,23,27,28)/p+1. The smallest absolute Gasteiger partial charge is 0.358 e. The molecule has 0 bridgehead atoms. The molecule has 0 aromatic carbocycles. The van der Waals surface area contributed by atoms with E-state index in [1.807, 2.05) is 12.2 Å². The van der Waals surface area contributed by atoms with Gasteiger partial charge in [0.15, 0.2) is 5.82 Å². The fraction of sp³-hybridized carbons (Fsp3) is 0.389. The monoisotopic (exact) mass is 408 g/mol. The van der Waals surface area contributed by atoms with Crippen LogP contribution in [-0.4, -0.2) is 44.6 Å². The van der Waals surface area contributed by atoms with Gasteiger partial charge in [-0.2, -0.15) is 13.2 Å². The van der Waals surface area contributed by atoms with Crippen molar-refractivity contribution < 1.29 is 22.9 Å². The zero-order valence-corrected chi connectivity index (χ0v) is 15.8. The number of carbonyl (C=O) groups is 1. The molecule has 8 nitrogen and oxygen atoms in total. The van der Waals surface area contributed by atoms with E-state index in [1.54, 1.807) is 25.4 Å².